The summed E-state index contributed by atoms with van der Waals surface area (Å²) < 4.78 is 4.83. The zero-order valence-corrected chi connectivity index (χ0v) is 8.70. The maximum atomic E-state index is 11.4. The van der Waals surface area contributed by atoms with Crippen molar-refractivity contribution in [2.45, 2.75) is 6.92 Å². The molecule has 3 N–H and O–H groups in total. The molecule has 1 aromatic carbocycles. The van der Waals surface area contributed by atoms with Crippen molar-refractivity contribution in [3.05, 3.63) is 23.8 Å². The quantitative estimate of drug-likeness (QED) is 0.521. The molecular formula is C10H14N2O3. The Labute approximate surface area is 88.0 Å². The molecule has 0 aliphatic carbocycles. The molecule has 0 amide bonds. The van der Waals surface area contributed by atoms with Crippen LogP contribution >= 0.6 is 0 Å². The number of ether oxygens (including phenoxy) is 1. The first-order valence-corrected chi connectivity index (χ1v) is 4.62. The van der Waals surface area contributed by atoms with Gasteiger partial charge < -0.3 is 10.1 Å². The summed E-state index contributed by atoms with van der Waals surface area (Å²) in [5, 5.41) is 11.7. The standard InChI is InChI=1S/C10H14N2O3/c1-3-15-10(13)7-4-5-8(11-2)9(6-7)12-14/h4-6,11-12,14H,3H2,1-2H3. The molecule has 1 rings (SSSR count). The zero-order chi connectivity index (χ0) is 11.3. The Balaban J connectivity index is 2.97. The lowest BCUT2D eigenvalue weighted by Gasteiger charge is -2.09. The highest BCUT2D eigenvalue weighted by Gasteiger charge is 2.09. The molecule has 5 heteroatoms. The van der Waals surface area contributed by atoms with Gasteiger partial charge in [0.15, 0.2) is 0 Å². The van der Waals surface area contributed by atoms with E-state index in [0.717, 1.165) is 0 Å². The first kappa shape index (κ1) is 11.3. The highest BCUT2D eigenvalue weighted by molar-refractivity contribution is 5.92. The fourth-order valence-electron chi connectivity index (χ4n) is 1.20. The van der Waals surface area contributed by atoms with Crippen molar-refractivity contribution in [2.24, 2.45) is 0 Å². The van der Waals surface area contributed by atoms with Gasteiger partial charge in [0.25, 0.3) is 0 Å². The van der Waals surface area contributed by atoms with Crippen molar-refractivity contribution in [1.29, 1.82) is 0 Å². The normalized spacial score (nSPS) is 9.53. The lowest BCUT2D eigenvalue weighted by Crippen LogP contribution is -2.06. The van der Waals surface area contributed by atoms with Crippen LogP contribution in [0.5, 0.6) is 0 Å². The van der Waals surface area contributed by atoms with Gasteiger partial charge in [0.05, 0.1) is 23.5 Å². The van der Waals surface area contributed by atoms with E-state index in [4.69, 9.17) is 9.94 Å². The van der Waals surface area contributed by atoms with Crippen LogP contribution in [0.3, 0.4) is 0 Å². The van der Waals surface area contributed by atoms with E-state index >= 15 is 0 Å². The minimum atomic E-state index is -0.406. The van der Waals surface area contributed by atoms with Gasteiger partial charge in [0.1, 0.15) is 0 Å². The van der Waals surface area contributed by atoms with E-state index in [1.807, 2.05) is 5.48 Å². The summed E-state index contributed by atoms with van der Waals surface area (Å²) in [4.78, 5) is 11.4. The summed E-state index contributed by atoms with van der Waals surface area (Å²) >= 11 is 0. The van der Waals surface area contributed by atoms with Gasteiger partial charge in [0, 0.05) is 7.05 Å². The van der Waals surface area contributed by atoms with E-state index in [2.05, 4.69) is 5.32 Å². The van der Waals surface area contributed by atoms with Gasteiger partial charge in [-0.2, -0.15) is 0 Å². The van der Waals surface area contributed by atoms with Crippen LogP contribution in [0.2, 0.25) is 0 Å². The van der Waals surface area contributed by atoms with Crippen LogP contribution in [0, 0.1) is 0 Å². The van der Waals surface area contributed by atoms with Gasteiger partial charge in [-0.3, -0.25) is 10.7 Å². The summed E-state index contributed by atoms with van der Waals surface area (Å²) in [7, 11) is 1.72. The minimum Gasteiger partial charge on any atom is -0.462 e. The number of hydrogen-bond acceptors (Lipinski definition) is 5. The number of hydrogen-bond donors (Lipinski definition) is 3. The van der Waals surface area contributed by atoms with Crippen LogP contribution in [-0.4, -0.2) is 24.8 Å². The van der Waals surface area contributed by atoms with Crippen LogP contribution in [0.1, 0.15) is 17.3 Å². The molecule has 0 aromatic heterocycles. The Bertz CT molecular complexity index is 353. The lowest BCUT2D eigenvalue weighted by molar-refractivity contribution is 0.0526. The number of nitrogens with one attached hydrogen (secondary N) is 2. The third-order valence-electron chi connectivity index (χ3n) is 1.92. The van der Waals surface area contributed by atoms with Crippen molar-refractivity contribution in [2.75, 3.05) is 24.5 Å². The highest BCUT2D eigenvalue weighted by Crippen LogP contribution is 2.22. The lowest BCUT2D eigenvalue weighted by atomic mass is 10.2. The van der Waals surface area contributed by atoms with Crippen LogP contribution in [-0.2, 0) is 4.74 Å². The molecule has 0 heterocycles. The molecule has 0 unspecified atom stereocenters. The molecule has 0 radical (unpaired) electrons. The van der Waals surface area contributed by atoms with Crippen LogP contribution in [0.15, 0.2) is 18.2 Å². The molecule has 1 aromatic rings. The summed E-state index contributed by atoms with van der Waals surface area (Å²) in [6, 6.07) is 4.83. The van der Waals surface area contributed by atoms with Gasteiger partial charge in [-0.25, -0.2) is 4.79 Å². The predicted octanol–water partition coefficient (Wildman–Crippen LogP) is 1.71. The van der Waals surface area contributed by atoms with Crippen LogP contribution in [0.25, 0.3) is 0 Å². The maximum Gasteiger partial charge on any atom is 0.338 e. The largest absolute Gasteiger partial charge is 0.462 e. The summed E-state index contributed by atoms with van der Waals surface area (Å²) in [5.74, 6) is -0.406. The smallest absolute Gasteiger partial charge is 0.338 e. The van der Waals surface area contributed by atoms with Crippen molar-refractivity contribution < 1.29 is 14.7 Å². The predicted molar refractivity (Wildman–Crippen MR) is 57.4 cm³/mol. The fourth-order valence-corrected chi connectivity index (χ4v) is 1.20. The minimum absolute atomic E-state index is 0.328. The van der Waals surface area contributed by atoms with E-state index in [0.29, 0.717) is 23.5 Å². The monoisotopic (exact) mass is 210 g/mol. The second-order valence-corrected chi connectivity index (χ2v) is 2.84. The van der Waals surface area contributed by atoms with Gasteiger partial charge in [-0.05, 0) is 25.1 Å². The highest BCUT2D eigenvalue weighted by atomic mass is 16.5. The average Bonchev–Trinajstić information content (AvgIpc) is 2.28. The van der Waals surface area contributed by atoms with Crippen molar-refractivity contribution in [3.63, 3.8) is 0 Å². The Morgan fingerprint density at radius 2 is 2.20 bits per heavy atom. The number of rotatable bonds is 4. The molecular weight excluding hydrogens is 196 g/mol. The Kier molecular flexibility index (Phi) is 3.93. The van der Waals surface area contributed by atoms with Gasteiger partial charge in [0.2, 0.25) is 0 Å². The average molecular weight is 210 g/mol. The molecule has 0 saturated carbocycles. The van der Waals surface area contributed by atoms with Gasteiger partial charge >= 0.3 is 5.97 Å². The van der Waals surface area contributed by atoms with Crippen molar-refractivity contribution >= 4 is 17.3 Å². The van der Waals surface area contributed by atoms with E-state index in [9.17, 15) is 4.79 Å². The molecule has 5 nitrogen and oxygen atoms in total. The number of anilines is 2. The van der Waals surface area contributed by atoms with E-state index in [1.165, 1.54) is 6.07 Å². The summed E-state index contributed by atoms with van der Waals surface area (Å²) in [5.41, 5.74) is 3.54. The first-order valence-electron chi connectivity index (χ1n) is 4.62. The number of benzene rings is 1. The Morgan fingerprint density at radius 1 is 1.47 bits per heavy atom. The molecule has 82 valence electrons. The van der Waals surface area contributed by atoms with E-state index in [-0.39, 0.29) is 0 Å². The zero-order valence-electron chi connectivity index (χ0n) is 8.70. The molecule has 0 spiro atoms. The van der Waals surface area contributed by atoms with Crippen molar-refractivity contribution in [3.8, 4) is 0 Å². The molecule has 0 aliphatic rings. The van der Waals surface area contributed by atoms with Gasteiger partial charge in [-0.15, -0.1) is 0 Å². The molecule has 0 bridgehead atoms. The van der Waals surface area contributed by atoms with Crippen LogP contribution < -0.4 is 10.8 Å². The second-order valence-electron chi connectivity index (χ2n) is 2.84. The summed E-state index contributed by atoms with van der Waals surface area (Å²) in [6.45, 7) is 2.07. The molecule has 0 atom stereocenters. The SMILES string of the molecule is CCOC(=O)c1ccc(NC)c(NO)c1. The van der Waals surface area contributed by atoms with Gasteiger partial charge in [-0.1, -0.05) is 0 Å². The van der Waals surface area contributed by atoms with Crippen LogP contribution in [0.4, 0.5) is 11.4 Å². The molecule has 15 heavy (non-hydrogen) atoms. The Morgan fingerprint density at radius 3 is 2.73 bits per heavy atom. The Hall–Kier alpha value is -1.75. The fraction of sp³-hybridized carbons (Fsp3) is 0.300. The third kappa shape index (κ3) is 2.60. The van der Waals surface area contributed by atoms with E-state index in [1.54, 1.807) is 26.1 Å². The molecule has 0 fully saturated rings. The van der Waals surface area contributed by atoms with Crippen molar-refractivity contribution in [1.82, 2.24) is 0 Å². The molecule has 0 aliphatic heterocycles. The molecule has 0 saturated heterocycles. The second kappa shape index (κ2) is 5.21. The number of carbonyl (C=O) groups is 1. The summed E-state index contributed by atoms with van der Waals surface area (Å²) in [6.07, 6.45) is 0. The van der Waals surface area contributed by atoms with E-state index < -0.39 is 5.97 Å². The number of carbonyl (C=O) groups excluding carboxylic acids is 1. The maximum absolute atomic E-state index is 11.4. The number of esters is 1. The third-order valence-corrected chi connectivity index (χ3v) is 1.92. The first-order chi connectivity index (χ1) is 7.22. The topological polar surface area (TPSA) is 70.6 Å².